The first-order valence-electron chi connectivity index (χ1n) is 4.93. The highest BCUT2D eigenvalue weighted by Gasteiger charge is 2.20. The third-order valence-corrected chi connectivity index (χ3v) is 3.08. The van der Waals surface area contributed by atoms with Gasteiger partial charge in [0, 0.05) is 10.6 Å². The number of rotatable bonds is 1. The zero-order chi connectivity index (χ0) is 9.97. The van der Waals surface area contributed by atoms with E-state index in [0.717, 1.165) is 25.9 Å². The Hall–Kier alpha value is -0.310. The monoisotopic (exact) mass is 249 g/mol. The second kappa shape index (κ2) is 5.69. The summed E-state index contributed by atoms with van der Waals surface area (Å²) in [6.07, 6.45) is 1.95. The summed E-state index contributed by atoms with van der Waals surface area (Å²) in [5.41, 5.74) is 0.704. The molecule has 0 atom stereocenters. The van der Waals surface area contributed by atoms with E-state index >= 15 is 0 Å². The van der Waals surface area contributed by atoms with Crippen molar-refractivity contribution in [2.45, 2.75) is 18.8 Å². The Bertz CT molecular complexity index is 304. The topological polar surface area (TPSA) is 12.0 Å². The zero-order valence-corrected chi connectivity index (χ0v) is 9.87. The molecule has 4 heteroatoms. The molecule has 1 aromatic carbocycles. The lowest BCUT2D eigenvalue weighted by molar-refractivity contribution is 0.445. The fraction of sp³-hybridized carbons (Fsp3) is 0.455. The van der Waals surface area contributed by atoms with Gasteiger partial charge in [-0.05, 0) is 44.0 Å². The number of halogens is 3. The van der Waals surface area contributed by atoms with E-state index in [0.29, 0.717) is 10.6 Å². The predicted octanol–water partition coefficient (Wildman–Crippen LogP) is 3.37. The van der Waals surface area contributed by atoms with Gasteiger partial charge in [-0.2, -0.15) is 0 Å². The van der Waals surface area contributed by atoms with Crippen molar-refractivity contribution >= 4 is 24.0 Å². The maximum Gasteiger partial charge on any atom is 0.128 e. The fourth-order valence-electron chi connectivity index (χ4n) is 2.01. The molecule has 0 amide bonds. The van der Waals surface area contributed by atoms with Crippen molar-refractivity contribution in [2.24, 2.45) is 0 Å². The van der Waals surface area contributed by atoms with Crippen molar-refractivity contribution in [3.8, 4) is 0 Å². The second-order valence-electron chi connectivity index (χ2n) is 3.66. The van der Waals surface area contributed by atoms with E-state index in [2.05, 4.69) is 5.32 Å². The third kappa shape index (κ3) is 2.83. The van der Waals surface area contributed by atoms with Crippen molar-refractivity contribution in [2.75, 3.05) is 13.1 Å². The van der Waals surface area contributed by atoms with E-state index in [1.54, 1.807) is 12.1 Å². The molecule has 15 heavy (non-hydrogen) atoms. The molecule has 84 valence electrons. The van der Waals surface area contributed by atoms with E-state index in [4.69, 9.17) is 11.6 Å². The summed E-state index contributed by atoms with van der Waals surface area (Å²) in [5, 5.41) is 3.82. The lowest BCUT2D eigenvalue weighted by Gasteiger charge is -2.24. The van der Waals surface area contributed by atoms with Crippen molar-refractivity contribution in [3.05, 3.63) is 34.6 Å². The Kier molecular flexibility index (Phi) is 4.84. The molecule has 0 aliphatic carbocycles. The van der Waals surface area contributed by atoms with Gasteiger partial charge in [-0.1, -0.05) is 17.7 Å². The smallest absolute Gasteiger partial charge is 0.128 e. The maximum atomic E-state index is 13.5. The Morgan fingerprint density at radius 1 is 1.27 bits per heavy atom. The highest BCUT2D eigenvalue weighted by atomic mass is 35.5. The quantitative estimate of drug-likeness (QED) is 0.805. The van der Waals surface area contributed by atoms with Crippen LogP contribution >= 0.6 is 24.0 Å². The molecule has 1 aromatic rings. The van der Waals surface area contributed by atoms with E-state index in [9.17, 15) is 4.39 Å². The molecule has 0 aromatic heterocycles. The van der Waals surface area contributed by atoms with Gasteiger partial charge in [-0.3, -0.25) is 0 Å². The van der Waals surface area contributed by atoms with Crippen LogP contribution < -0.4 is 5.32 Å². The average Bonchev–Trinajstić information content (AvgIpc) is 2.19. The van der Waals surface area contributed by atoms with Gasteiger partial charge in [0.2, 0.25) is 0 Å². The van der Waals surface area contributed by atoms with Crippen LogP contribution in [-0.4, -0.2) is 13.1 Å². The zero-order valence-electron chi connectivity index (χ0n) is 8.30. The lowest BCUT2D eigenvalue weighted by atomic mass is 9.90. The Morgan fingerprint density at radius 3 is 2.53 bits per heavy atom. The standard InChI is InChI=1S/C11H13ClFN.ClH/c12-9-2-1-3-10(13)11(9)8-4-6-14-7-5-8;/h1-3,8,14H,4-7H2;1H. The summed E-state index contributed by atoms with van der Waals surface area (Å²) < 4.78 is 13.5. The van der Waals surface area contributed by atoms with Crippen LogP contribution in [0.15, 0.2) is 18.2 Å². The van der Waals surface area contributed by atoms with Gasteiger partial charge < -0.3 is 5.32 Å². The van der Waals surface area contributed by atoms with Gasteiger partial charge >= 0.3 is 0 Å². The summed E-state index contributed by atoms with van der Waals surface area (Å²) in [4.78, 5) is 0. The minimum absolute atomic E-state index is 0. The molecule has 0 bridgehead atoms. The van der Waals surface area contributed by atoms with Gasteiger partial charge in [0.1, 0.15) is 5.82 Å². The number of hydrogen-bond donors (Lipinski definition) is 1. The third-order valence-electron chi connectivity index (χ3n) is 2.75. The Labute approximate surface area is 100 Å². The SMILES string of the molecule is Cl.Fc1cccc(Cl)c1C1CCNCC1. The van der Waals surface area contributed by atoms with E-state index in [1.807, 2.05) is 0 Å². The van der Waals surface area contributed by atoms with Crippen molar-refractivity contribution in [1.82, 2.24) is 5.32 Å². The van der Waals surface area contributed by atoms with Gasteiger partial charge in [-0.25, -0.2) is 4.39 Å². The van der Waals surface area contributed by atoms with Crippen LogP contribution in [0, 0.1) is 5.82 Å². The van der Waals surface area contributed by atoms with Crippen molar-refractivity contribution in [3.63, 3.8) is 0 Å². The first kappa shape index (κ1) is 12.8. The van der Waals surface area contributed by atoms with Gasteiger partial charge in [0.25, 0.3) is 0 Å². The van der Waals surface area contributed by atoms with Crippen LogP contribution in [0.1, 0.15) is 24.3 Å². The molecule has 1 fully saturated rings. The highest BCUT2D eigenvalue weighted by molar-refractivity contribution is 6.31. The summed E-state index contributed by atoms with van der Waals surface area (Å²) in [5.74, 6) is 0.120. The minimum atomic E-state index is -0.163. The first-order chi connectivity index (χ1) is 6.79. The van der Waals surface area contributed by atoms with E-state index in [1.165, 1.54) is 6.07 Å². The maximum absolute atomic E-state index is 13.5. The van der Waals surface area contributed by atoms with Gasteiger partial charge in [-0.15, -0.1) is 12.4 Å². The lowest BCUT2D eigenvalue weighted by Crippen LogP contribution is -2.27. The molecule has 1 aliphatic heterocycles. The molecule has 1 heterocycles. The number of benzene rings is 1. The molecular weight excluding hydrogens is 236 g/mol. The summed E-state index contributed by atoms with van der Waals surface area (Å²) in [6, 6.07) is 4.91. The molecule has 0 unspecified atom stereocenters. The Balaban J connectivity index is 0.00000112. The van der Waals surface area contributed by atoms with E-state index in [-0.39, 0.29) is 24.1 Å². The van der Waals surface area contributed by atoms with Crippen LogP contribution in [-0.2, 0) is 0 Å². The minimum Gasteiger partial charge on any atom is -0.317 e. The predicted molar refractivity (Wildman–Crippen MR) is 63.5 cm³/mol. The largest absolute Gasteiger partial charge is 0.317 e. The van der Waals surface area contributed by atoms with Crippen molar-refractivity contribution < 1.29 is 4.39 Å². The second-order valence-corrected chi connectivity index (χ2v) is 4.07. The molecule has 2 rings (SSSR count). The van der Waals surface area contributed by atoms with Gasteiger partial charge in [0.05, 0.1) is 0 Å². The Morgan fingerprint density at radius 2 is 1.93 bits per heavy atom. The van der Waals surface area contributed by atoms with E-state index < -0.39 is 0 Å². The highest BCUT2D eigenvalue weighted by Crippen LogP contribution is 2.32. The summed E-state index contributed by atoms with van der Waals surface area (Å²) in [7, 11) is 0. The molecule has 1 saturated heterocycles. The van der Waals surface area contributed by atoms with Crippen LogP contribution in [0.3, 0.4) is 0 Å². The number of nitrogens with one attached hydrogen (secondary N) is 1. The number of hydrogen-bond acceptors (Lipinski definition) is 1. The fourth-order valence-corrected chi connectivity index (χ4v) is 2.33. The van der Waals surface area contributed by atoms with Crippen LogP contribution in [0.5, 0.6) is 0 Å². The van der Waals surface area contributed by atoms with Crippen LogP contribution in [0.25, 0.3) is 0 Å². The molecule has 0 spiro atoms. The van der Waals surface area contributed by atoms with Crippen LogP contribution in [0.4, 0.5) is 4.39 Å². The number of piperidine rings is 1. The molecule has 1 aliphatic rings. The molecular formula is C11H14Cl2FN. The average molecular weight is 250 g/mol. The first-order valence-corrected chi connectivity index (χ1v) is 5.31. The van der Waals surface area contributed by atoms with Gasteiger partial charge in [0.15, 0.2) is 0 Å². The normalized spacial score (nSPS) is 17.2. The summed E-state index contributed by atoms with van der Waals surface area (Å²) in [6.45, 7) is 1.91. The molecule has 0 saturated carbocycles. The molecule has 1 nitrogen and oxygen atoms in total. The van der Waals surface area contributed by atoms with Crippen molar-refractivity contribution in [1.29, 1.82) is 0 Å². The molecule has 0 radical (unpaired) electrons. The molecule has 1 N–H and O–H groups in total. The van der Waals surface area contributed by atoms with Crippen LogP contribution in [0.2, 0.25) is 5.02 Å². The summed E-state index contributed by atoms with van der Waals surface area (Å²) >= 11 is 6.00.